The van der Waals surface area contributed by atoms with Crippen LogP contribution in [0.25, 0.3) is 0 Å². The predicted octanol–water partition coefficient (Wildman–Crippen LogP) is 1.98. The average Bonchev–Trinajstić information content (AvgIpc) is 2.18. The van der Waals surface area contributed by atoms with Crippen molar-refractivity contribution in [1.29, 1.82) is 0 Å². The molecule has 1 atom stereocenters. The van der Waals surface area contributed by atoms with Crippen LogP contribution in [-0.4, -0.2) is 37.1 Å². The summed E-state index contributed by atoms with van der Waals surface area (Å²) in [5.74, 6) is 0. The normalized spacial score (nSPS) is 15.4. The van der Waals surface area contributed by atoms with Crippen molar-refractivity contribution in [3.8, 4) is 0 Å². The zero-order chi connectivity index (χ0) is 10.9. The molecule has 0 aromatic heterocycles. The topological polar surface area (TPSA) is 38.7 Å². The predicted molar refractivity (Wildman–Crippen MR) is 57.5 cm³/mol. The smallest absolute Gasteiger partial charge is 0.0884 e. The highest BCUT2D eigenvalue weighted by Crippen LogP contribution is 2.15. The summed E-state index contributed by atoms with van der Waals surface area (Å²) in [5.41, 5.74) is -0.145. The third-order valence-corrected chi connectivity index (χ3v) is 2.34. The molecule has 1 N–H and O–H groups in total. The molecule has 3 nitrogen and oxygen atoms in total. The van der Waals surface area contributed by atoms with Gasteiger partial charge in [-0.05, 0) is 33.1 Å². The second kappa shape index (κ2) is 8.21. The fourth-order valence-electron chi connectivity index (χ4n) is 1.20. The van der Waals surface area contributed by atoms with Crippen molar-refractivity contribution in [1.82, 2.24) is 0 Å². The molecule has 0 heterocycles. The third-order valence-electron chi connectivity index (χ3n) is 2.34. The van der Waals surface area contributed by atoms with E-state index < -0.39 is 0 Å². The quantitative estimate of drug-likeness (QED) is 0.584. The van der Waals surface area contributed by atoms with Crippen LogP contribution in [0.3, 0.4) is 0 Å². The molecule has 0 aliphatic carbocycles. The van der Waals surface area contributed by atoms with Crippen molar-refractivity contribution in [3.63, 3.8) is 0 Å². The Morgan fingerprint density at radius 2 is 1.93 bits per heavy atom. The van der Waals surface area contributed by atoms with Gasteiger partial charge in [0.1, 0.15) is 0 Å². The molecule has 0 fully saturated rings. The zero-order valence-electron chi connectivity index (χ0n) is 9.71. The molecule has 0 spiro atoms. The molecule has 0 rings (SSSR count). The van der Waals surface area contributed by atoms with Gasteiger partial charge in [-0.1, -0.05) is 6.92 Å². The lowest BCUT2D eigenvalue weighted by Crippen LogP contribution is -2.34. The van der Waals surface area contributed by atoms with E-state index in [1.54, 1.807) is 0 Å². The summed E-state index contributed by atoms with van der Waals surface area (Å²) in [4.78, 5) is 0. The van der Waals surface area contributed by atoms with E-state index in [2.05, 4.69) is 13.8 Å². The Bertz CT molecular complexity index is 128. The lowest BCUT2D eigenvalue weighted by molar-refractivity contribution is -0.0848. The van der Waals surface area contributed by atoms with Crippen LogP contribution in [0.15, 0.2) is 0 Å². The molecule has 0 saturated carbocycles. The van der Waals surface area contributed by atoms with Crippen molar-refractivity contribution in [2.75, 3.05) is 26.4 Å². The molecule has 0 aliphatic rings. The van der Waals surface area contributed by atoms with Gasteiger partial charge in [0.15, 0.2) is 0 Å². The van der Waals surface area contributed by atoms with E-state index in [-0.39, 0.29) is 12.2 Å². The number of aliphatic hydroxyl groups is 1. The van der Waals surface area contributed by atoms with Crippen molar-refractivity contribution in [3.05, 3.63) is 0 Å². The van der Waals surface area contributed by atoms with E-state index in [1.165, 1.54) is 0 Å². The van der Waals surface area contributed by atoms with Gasteiger partial charge < -0.3 is 14.6 Å². The molecule has 86 valence electrons. The monoisotopic (exact) mass is 204 g/mol. The number of unbranched alkanes of at least 4 members (excludes halogenated alkanes) is 1. The summed E-state index contributed by atoms with van der Waals surface area (Å²) >= 11 is 0. The van der Waals surface area contributed by atoms with Crippen LogP contribution in [0.2, 0.25) is 0 Å². The van der Waals surface area contributed by atoms with Crippen LogP contribution in [0.5, 0.6) is 0 Å². The third kappa shape index (κ3) is 6.35. The van der Waals surface area contributed by atoms with Gasteiger partial charge in [-0.25, -0.2) is 0 Å². The van der Waals surface area contributed by atoms with Crippen LogP contribution in [-0.2, 0) is 9.47 Å². The Morgan fingerprint density at radius 3 is 2.43 bits per heavy atom. The van der Waals surface area contributed by atoms with E-state index in [0.717, 1.165) is 25.9 Å². The number of hydrogen-bond donors (Lipinski definition) is 1. The summed E-state index contributed by atoms with van der Waals surface area (Å²) < 4.78 is 11.1. The summed E-state index contributed by atoms with van der Waals surface area (Å²) in [6.07, 6.45) is 2.70. The van der Waals surface area contributed by atoms with Gasteiger partial charge >= 0.3 is 0 Å². The first kappa shape index (κ1) is 13.9. The van der Waals surface area contributed by atoms with Gasteiger partial charge in [0.05, 0.1) is 12.2 Å². The van der Waals surface area contributed by atoms with Crippen molar-refractivity contribution in [2.24, 2.45) is 0 Å². The molecule has 0 aromatic rings. The van der Waals surface area contributed by atoms with Crippen molar-refractivity contribution in [2.45, 2.75) is 45.6 Å². The maximum atomic E-state index is 8.58. The van der Waals surface area contributed by atoms with E-state index in [0.29, 0.717) is 13.2 Å². The van der Waals surface area contributed by atoms with Crippen molar-refractivity contribution < 1.29 is 14.6 Å². The summed E-state index contributed by atoms with van der Waals surface area (Å²) in [6.45, 7) is 8.51. The molecule has 0 aliphatic heterocycles. The molecule has 1 unspecified atom stereocenters. The maximum absolute atomic E-state index is 8.58. The molecule has 0 saturated heterocycles. The lowest BCUT2D eigenvalue weighted by atomic mass is 10.1. The number of ether oxygens (including phenoxy) is 2. The minimum absolute atomic E-state index is 0.145. The summed E-state index contributed by atoms with van der Waals surface area (Å²) in [5, 5.41) is 8.58. The Kier molecular flexibility index (Phi) is 8.14. The van der Waals surface area contributed by atoms with E-state index in [4.69, 9.17) is 14.6 Å². The Labute approximate surface area is 87.4 Å². The zero-order valence-corrected chi connectivity index (χ0v) is 9.71. The van der Waals surface area contributed by atoms with Crippen LogP contribution in [0.1, 0.15) is 40.0 Å². The van der Waals surface area contributed by atoms with Crippen LogP contribution in [0, 0.1) is 0 Å². The highest BCUT2D eigenvalue weighted by Gasteiger charge is 2.21. The number of rotatable bonds is 9. The van der Waals surface area contributed by atoms with Gasteiger partial charge in [-0.3, -0.25) is 0 Å². The standard InChI is InChI=1S/C11H24O3/c1-4-11(3,14-5-2)10-13-9-7-6-8-12/h12H,4-10H2,1-3H3. The maximum Gasteiger partial charge on any atom is 0.0884 e. The minimum atomic E-state index is -0.145. The van der Waals surface area contributed by atoms with Gasteiger partial charge in [0.25, 0.3) is 0 Å². The molecule has 0 bridgehead atoms. The molecule has 14 heavy (non-hydrogen) atoms. The Hall–Kier alpha value is -0.120. The highest BCUT2D eigenvalue weighted by atomic mass is 16.5. The second-order valence-corrected chi connectivity index (χ2v) is 3.72. The van der Waals surface area contributed by atoms with Gasteiger partial charge in [0.2, 0.25) is 0 Å². The fraction of sp³-hybridized carbons (Fsp3) is 1.00. The highest BCUT2D eigenvalue weighted by molar-refractivity contribution is 4.72. The van der Waals surface area contributed by atoms with E-state index >= 15 is 0 Å². The van der Waals surface area contributed by atoms with E-state index in [9.17, 15) is 0 Å². The van der Waals surface area contributed by atoms with Crippen LogP contribution < -0.4 is 0 Å². The molecular formula is C11H24O3. The largest absolute Gasteiger partial charge is 0.396 e. The second-order valence-electron chi connectivity index (χ2n) is 3.72. The summed E-state index contributed by atoms with van der Waals surface area (Å²) in [6, 6.07) is 0. The first-order chi connectivity index (χ1) is 6.68. The van der Waals surface area contributed by atoms with Crippen LogP contribution in [0.4, 0.5) is 0 Å². The Balaban J connectivity index is 3.51. The lowest BCUT2D eigenvalue weighted by Gasteiger charge is -2.27. The summed E-state index contributed by atoms with van der Waals surface area (Å²) in [7, 11) is 0. The first-order valence-electron chi connectivity index (χ1n) is 5.51. The molecule has 3 heteroatoms. The number of hydrogen-bond acceptors (Lipinski definition) is 3. The SMILES string of the molecule is CCOC(C)(CC)COCCCCO. The van der Waals surface area contributed by atoms with Gasteiger partial charge in [0, 0.05) is 19.8 Å². The fourth-order valence-corrected chi connectivity index (χ4v) is 1.20. The van der Waals surface area contributed by atoms with Crippen LogP contribution >= 0.6 is 0 Å². The molecule has 0 radical (unpaired) electrons. The van der Waals surface area contributed by atoms with E-state index in [1.807, 2.05) is 6.92 Å². The minimum Gasteiger partial charge on any atom is -0.396 e. The molecular weight excluding hydrogens is 180 g/mol. The average molecular weight is 204 g/mol. The molecule has 0 amide bonds. The number of aliphatic hydroxyl groups excluding tert-OH is 1. The Morgan fingerprint density at radius 1 is 1.21 bits per heavy atom. The van der Waals surface area contributed by atoms with Gasteiger partial charge in [-0.2, -0.15) is 0 Å². The van der Waals surface area contributed by atoms with Gasteiger partial charge in [-0.15, -0.1) is 0 Å². The molecule has 0 aromatic carbocycles. The van der Waals surface area contributed by atoms with Crippen molar-refractivity contribution >= 4 is 0 Å². The first-order valence-corrected chi connectivity index (χ1v) is 5.51.